The summed E-state index contributed by atoms with van der Waals surface area (Å²) in [6.45, 7) is 2.73. The molecule has 4 rings (SSSR count). The summed E-state index contributed by atoms with van der Waals surface area (Å²) in [5.74, 6) is 0.460. The van der Waals surface area contributed by atoms with Crippen molar-refractivity contribution in [2.75, 3.05) is 13.1 Å². The average Bonchev–Trinajstić information content (AvgIpc) is 3.28. The van der Waals surface area contributed by atoms with Crippen LogP contribution in [-0.4, -0.2) is 45.0 Å². The Morgan fingerprint density at radius 2 is 2.13 bits per heavy atom. The SMILES string of the molecule is C[C@@H](Oc1cccc(F)c1)C(=O)N1CCC(c2nc(-c3nccs3)cc(=O)[nH]2)CC1. The number of hydrogen-bond donors (Lipinski definition) is 1. The van der Waals surface area contributed by atoms with Crippen LogP contribution in [0.4, 0.5) is 4.39 Å². The molecule has 0 radical (unpaired) electrons. The number of likely N-dealkylation sites (tertiary alicyclic amines) is 1. The Labute approximate surface area is 176 Å². The van der Waals surface area contributed by atoms with E-state index in [4.69, 9.17) is 4.74 Å². The third kappa shape index (κ3) is 4.56. The fraction of sp³-hybridized carbons (Fsp3) is 0.333. The number of amides is 1. The highest BCUT2D eigenvalue weighted by Gasteiger charge is 2.29. The Hall–Kier alpha value is -3.07. The second kappa shape index (κ2) is 8.74. The van der Waals surface area contributed by atoms with Gasteiger partial charge in [0.2, 0.25) is 0 Å². The van der Waals surface area contributed by atoms with Crippen molar-refractivity contribution in [1.82, 2.24) is 19.9 Å². The number of carbonyl (C=O) groups excluding carboxylic acids is 1. The maximum absolute atomic E-state index is 13.3. The van der Waals surface area contributed by atoms with Crippen molar-refractivity contribution < 1.29 is 13.9 Å². The molecule has 0 aliphatic carbocycles. The lowest BCUT2D eigenvalue weighted by Crippen LogP contribution is -2.44. The average molecular weight is 428 g/mol. The van der Waals surface area contributed by atoms with E-state index in [1.807, 2.05) is 5.38 Å². The van der Waals surface area contributed by atoms with Crippen LogP contribution in [0.15, 0.2) is 46.7 Å². The standard InChI is InChI=1S/C21H21FN4O3S/c1-13(29-16-4-2-3-15(22)11-16)21(28)26-8-5-14(6-9-26)19-24-17(12-18(27)25-19)20-23-7-10-30-20/h2-4,7,10-14H,5-6,8-9H2,1H3,(H,24,25,27)/t13-/m1/s1. The molecule has 156 valence electrons. The summed E-state index contributed by atoms with van der Waals surface area (Å²) in [5.41, 5.74) is 0.361. The molecular formula is C21H21FN4O3S. The third-order valence-electron chi connectivity index (χ3n) is 5.06. The van der Waals surface area contributed by atoms with E-state index in [-0.39, 0.29) is 17.4 Å². The zero-order valence-corrected chi connectivity index (χ0v) is 17.2. The number of aromatic amines is 1. The monoisotopic (exact) mass is 428 g/mol. The van der Waals surface area contributed by atoms with Crippen LogP contribution in [0.25, 0.3) is 10.7 Å². The van der Waals surface area contributed by atoms with Crippen LogP contribution < -0.4 is 10.3 Å². The number of nitrogens with zero attached hydrogens (tertiary/aromatic N) is 3. The van der Waals surface area contributed by atoms with Crippen LogP contribution in [0.5, 0.6) is 5.75 Å². The van der Waals surface area contributed by atoms with Gasteiger partial charge in [0, 0.05) is 42.7 Å². The van der Waals surface area contributed by atoms with Gasteiger partial charge in [-0.2, -0.15) is 0 Å². The first-order valence-electron chi connectivity index (χ1n) is 9.72. The number of carbonyl (C=O) groups is 1. The molecule has 1 atom stereocenters. The Kier molecular flexibility index (Phi) is 5.89. The lowest BCUT2D eigenvalue weighted by Gasteiger charge is -2.33. The van der Waals surface area contributed by atoms with Crippen molar-refractivity contribution in [3.63, 3.8) is 0 Å². The third-order valence-corrected chi connectivity index (χ3v) is 5.86. The predicted octanol–water partition coefficient (Wildman–Crippen LogP) is 3.21. The fourth-order valence-electron chi connectivity index (χ4n) is 3.55. The van der Waals surface area contributed by atoms with Crippen molar-refractivity contribution in [3.8, 4) is 16.5 Å². The van der Waals surface area contributed by atoms with Crippen LogP contribution >= 0.6 is 11.3 Å². The molecular weight excluding hydrogens is 407 g/mol. The molecule has 1 aromatic carbocycles. The summed E-state index contributed by atoms with van der Waals surface area (Å²) >= 11 is 1.43. The number of aromatic nitrogens is 3. The number of thiazole rings is 1. The van der Waals surface area contributed by atoms with E-state index in [1.165, 1.54) is 29.5 Å². The minimum atomic E-state index is -0.713. The molecule has 1 aliphatic rings. The van der Waals surface area contributed by atoms with Gasteiger partial charge in [-0.05, 0) is 31.9 Å². The molecule has 0 bridgehead atoms. The van der Waals surface area contributed by atoms with Gasteiger partial charge < -0.3 is 14.6 Å². The first-order chi connectivity index (χ1) is 14.5. The molecule has 0 unspecified atom stereocenters. The molecule has 2 aromatic heterocycles. The summed E-state index contributed by atoms with van der Waals surface area (Å²) < 4.78 is 18.9. The Balaban J connectivity index is 1.39. The number of piperidine rings is 1. The molecule has 1 N–H and O–H groups in total. The van der Waals surface area contributed by atoms with Gasteiger partial charge in [0.25, 0.3) is 11.5 Å². The van der Waals surface area contributed by atoms with Gasteiger partial charge in [0.1, 0.15) is 28.1 Å². The number of hydrogen-bond acceptors (Lipinski definition) is 6. The Bertz CT molecular complexity index is 1080. The van der Waals surface area contributed by atoms with Gasteiger partial charge in [-0.1, -0.05) is 6.07 Å². The molecule has 7 nitrogen and oxygen atoms in total. The maximum atomic E-state index is 13.3. The number of benzene rings is 1. The summed E-state index contributed by atoms with van der Waals surface area (Å²) in [6, 6.07) is 7.20. The minimum Gasteiger partial charge on any atom is -0.481 e. The van der Waals surface area contributed by atoms with E-state index < -0.39 is 11.9 Å². The van der Waals surface area contributed by atoms with E-state index in [1.54, 1.807) is 30.2 Å². The number of H-pyrrole nitrogens is 1. The minimum absolute atomic E-state index is 0.0566. The van der Waals surface area contributed by atoms with Crippen LogP contribution in [0.3, 0.4) is 0 Å². The second-order valence-corrected chi connectivity index (χ2v) is 8.06. The highest BCUT2D eigenvalue weighted by Crippen LogP contribution is 2.27. The summed E-state index contributed by atoms with van der Waals surface area (Å²) in [4.78, 5) is 38.2. The molecule has 30 heavy (non-hydrogen) atoms. The van der Waals surface area contributed by atoms with Gasteiger partial charge in [-0.3, -0.25) is 9.59 Å². The van der Waals surface area contributed by atoms with Crippen LogP contribution in [0.2, 0.25) is 0 Å². The number of ether oxygens (including phenoxy) is 1. The van der Waals surface area contributed by atoms with Gasteiger partial charge in [0.15, 0.2) is 6.10 Å². The first-order valence-corrected chi connectivity index (χ1v) is 10.6. The number of rotatable bonds is 5. The highest BCUT2D eigenvalue weighted by molar-refractivity contribution is 7.13. The van der Waals surface area contributed by atoms with E-state index in [2.05, 4.69) is 15.0 Å². The van der Waals surface area contributed by atoms with Gasteiger partial charge in [0.05, 0.1) is 0 Å². The molecule has 0 saturated carbocycles. The summed E-state index contributed by atoms with van der Waals surface area (Å²) in [6.07, 6.45) is 2.33. The summed E-state index contributed by atoms with van der Waals surface area (Å²) in [5, 5.41) is 2.55. The highest BCUT2D eigenvalue weighted by atomic mass is 32.1. The molecule has 1 aliphatic heterocycles. The van der Waals surface area contributed by atoms with Crippen LogP contribution in [-0.2, 0) is 4.79 Å². The smallest absolute Gasteiger partial charge is 0.263 e. The van der Waals surface area contributed by atoms with E-state index in [9.17, 15) is 14.0 Å². The Morgan fingerprint density at radius 1 is 1.33 bits per heavy atom. The number of nitrogens with one attached hydrogen (secondary N) is 1. The quantitative estimate of drug-likeness (QED) is 0.674. The van der Waals surface area contributed by atoms with Crippen molar-refractivity contribution in [3.05, 3.63) is 63.9 Å². The van der Waals surface area contributed by atoms with Crippen molar-refractivity contribution in [1.29, 1.82) is 0 Å². The molecule has 1 fully saturated rings. The molecule has 1 amide bonds. The van der Waals surface area contributed by atoms with E-state index in [0.29, 0.717) is 48.2 Å². The second-order valence-electron chi connectivity index (χ2n) is 7.17. The molecule has 0 spiro atoms. The Morgan fingerprint density at radius 3 is 2.83 bits per heavy atom. The lowest BCUT2D eigenvalue weighted by atomic mass is 9.95. The van der Waals surface area contributed by atoms with Gasteiger partial charge >= 0.3 is 0 Å². The van der Waals surface area contributed by atoms with Crippen LogP contribution in [0.1, 0.15) is 31.5 Å². The molecule has 1 saturated heterocycles. The maximum Gasteiger partial charge on any atom is 0.263 e. The van der Waals surface area contributed by atoms with Crippen molar-refractivity contribution in [2.45, 2.75) is 31.8 Å². The molecule has 9 heteroatoms. The zero-order chi connectivity index (χ0) is 21.1. The zero-order valence-electron chi connectivity index (χ0n) is 16.4. The van der Waals surface area contributed by atoms with E-state index >= 15 is 0 Å². The van der Waals surface area contributed by atoms with Crippen molar-refractivity contribution >= 4 is 17.2 Å². The predicted molar refractivity (Wildman–Crippen MR) is 111 cm³/mol. The topological polar surface area (TPSA) is 88.2 Å². The fourth-order valence-corrected chi connectivity index (χ4v) is 4.15. The van der Waals surface area contributed by atoms with Gasteiger partial charge in [-0.15, -0.1) is 11.3 Å². The molecule has 3 aromatic rings. The largest absolute Gasteiger partial charge is 0.481 e. The van der Waals surface area contributed by atoms with E-state index in [0.717, 1.165) is 0 Å². The van der Waals surface area contributed by atoms with Crippen LogP contribution in [0, 0.1) is 5.82 Å². The first kappa shape index (κ1) is 20.2. The number of halogens is 1. The van der Waals surface area contributed by atoms with Gasteiger partial charge in [-0.25, -0.2) is 14.4 Å². The normalized spacial score (nSPS) is 15.7. The summed E-state index contributed by atoms with van der Waals surface area (Å²) in [7, 11) is 0. The molecule has 3 heterocycles. The van der Waals surface area contributed by atoms with Crippen molar-refractivity contribution in [2.24, 2.45) is 0 Å². The lowest BCUT2D eigenvalue weighted by molar-refractivity contribution is -0.139.